The maximum absolute atomic E-state index is 10.6. The van der Waals surface area contributed by atoms with Gasteiger partial charge in [0.2, 0.25) is 0 Å². The third-order valence-electron chi connectivity index (χ3n) is 2.71. The van der Waals surface area contributed by atoms with Crippen LogP contribution in [0.15, 0.2) is 0 Å². The highest BCUT2D eigenvalue weighted by atomic mass is 32.2. The lowest BCUT2D eigenvalue weighted by molar-refractivity contribution is 0.143. The molecule has 0 aliphatic carbocycles. The van der Waals surface area contributed by atoms with Gasteiger partial charge in [0.25, 0.3) is 10.1 Å². The van der Waals surface area contributed by atoms with Crippen LogP contribution in [-0.4, -0.2) is 82.3 Å². The predicted octanol–water partition coefficient (Wildman–Crippen LogP) is -1.29. The summed E-state index contributed by atoms with van der Waals surface area (Å²) in [7, 11) is -3.89. The van der Waals surface area contributed by atoms with Gasteiger partial charge in [-0.05, 0) is 0 Å². The Morgan fingerprint density at radius 2 is 1.53 bits per heavy atom. The molecule has 0 spiro atoms. The summed E-state index contributed by atoms with van der Waals surface area (Å²) in [5, 5.41) is 0. The summed E-state index contributed by atoms with van der Waals surface area (Å²) in [5.74, 6) is -0.00131. The van der Waals surface area contributed by atoms with Crippen LogP contribution in [0.5, 0.6) is 0 Å². The lowest BCUT2D eigenvalue weighted by atomic mass is 10.3. The van der Waals surface area contributed by atoms with Crippen molar-refractivity contribution in [3.05, 3.63) is 0 Å². The summed E-state index contributed by atoms with van der Waals surface area (Å²) >= 11 is -1.76. The third kappa shape index (κ3) is 7.06. The van der Waals surface area contributed by atoms with Crippen LogP contribution in [0.3, 0.4) is 0 Å². The highest BCUT2D eigenvalue weighted by Gasteiger charge is 2.18. The van der Waals surface area contributed by atoms with Crippen LogP contribution in [0.1, 0.15) is 0 Å². The van der Waals surface area contributed by atoms with Crippen molar-refractivity contribution in [2.24, 2.45) is 0 Å². The first-order valence-corrected chi connectivity index (χ1v) is 8.22. The van der Waals surface area contributed by atoms with Crippen LogP contribution in [0.25, 0.3) is 0 Å². The van der Waals surface area contributed by atoms with E-state index in [4.69, 9.17) is 9.11 Å². The Balaban J connectivity index is 2.19. The van der Waals surface area contributed by atoms with E-state index in [9.17, 15) is 12.6 Å². The van der Waals surface area contributed by atoms with E-state index in [0.717, 1.165) is 13.1 Å². The van der Waals surface area contributed by atoms with Gasteiger partial charge in [-0.2, -0.15) is 8.42 Å². The molecule has 1 aliphatic rings. The van der Waals surface area contributed by atoms with Crippen LogP contribution in [0.2, 0.25) is 0 Å². The molecule has 0 amide bonds. The summed E-state index contributed by atoms with van der Waals surface area (Å²) < 4.78 is 48.9. The highest BCUT2D eigenvalue weighted by Crippen LogP contribution is 2.01. The zero-order valence-corrected chi connectivity index (χ0v) is 11.1. The summed E-state index contributed by atoms with van der Waals surface area (Å²) in [6.45, 7) is 3.85. The zero-order chi connectivity index (χ0) is 12.9. The third-order valence-corrected chi connectivity index (χ3v) is 3.94. The molecule has 2 N–H and O–H groups in total. The average molecular weight is 286 g/mol. The van der Waals surface area contributed by atoms with Crippen LogP contribution in [-0.2, 0) is 21.2 Å². The van der Waals surface area contributed by atoms with Crippen molar-refractivity contribution in [1.29, 1.82) is 0 Å². The summed E-state index contributed by atoms with van der Waals surface area (Å²) in [6, 6.07) is 0. The SMILES string of the molecule is O=S(O)CCN1CCN(CCS(=O)(=O)O)CC1. The second-order valence-corrected chi connectivity index (χ2v) is 6.62. The van der Waals surface area contributed by atoms with Gasteiger partial charge < -0.3 is 4.55 Å². The standard InChI is InChI=1S/C8H18N2O5S2/c11-16(12)7-5-9-1-3-10(4-2-9)6-8-17(13,14)15/h1-8H2,(H,11,12)(H,13,14,15). The van der Waals surface area contributed by atoms with E-state index in [1.807, 2.05) is 4.90 Å². The Kier molecular flexibility index (Phi) is 5.97. The quantitative estimate of drug-likeness (QED) is 0.463. The molecule has 1 fully saturated rings. The Bertz CT molecular complexity index is 351. The van der Waals surface area contributed by atoms with Gasteiger partial charge in [-0.25, -0.2) is 4.21 Å². The van der Waals surface area contributed by atoms with Crippen molar-refractivity contribution in [3.63, 3.8) is 0 Å². The molecule has 7 nitrogen and oxygen atoms in total. The molecule has 0 saturated carbocycles. The van der Waals surface area contributed by atoms with Crippen LogP contribution >= 0.6 is 0 Å². The minimum absolute atomic E-state index is 0.241. The van der Waals surface area contributed by atoms with Gasteiger partial charge in [0.1, 0.15) is 0 Å². The van der Waals surface area contributed by atoms with Crippen LogP contribution in [0.4, 0.5) is 0 Å². The maximum atomic E-state index is 10.6. The molecule has 0 radical (unpaired) electrons. The molecule has 9 heteroatoms. The molecule has 102 valence electrons. The van der Waals surface area contributed by atoms with E-state index < -0.39 is 21.2 Å². The van der Waals surface area contributed by atoms with Crippen molar-refractivity contribution in [2.45, 2.75) is 0 Å². The van der Waals surface area contributed by atoms with E-state index in [2.05, 4.69) is 4.90 Å². The van der Waals surface area contributed by atoms with Crippen molar-refractivity contribution >= 4 is 21.2 Å². The number of rotatable bonds is 6. The van der Waals surface area contributed by atoms with E-state index >= 15 is 0 Å². The van der Waals surface area contributed by atoms with Crippen molar-refractivity contribution in [2.75, 3.05) is 50.8 Å². The fourth-order valence-electron chi connectivity index (χ4n) is 1.69. The predicted molar refractivity (Wildman–Crippen MR) is 64.9 cm³/mol. The Morgan fingerprint density at radius 3 is 1.94 bits per heavy atom. The van der Waals surface area contributed by atoms with E-state index in [-0.39, 0.29) is 11.5 Å². The van der Waals surface area contributed by atoms with Gasteiger partial charge in [0.05, 0.1) is 11.5 Å². The van der Waals surface area contributed by atoms with Gasteiger partial charge in [0, 0.05) is 39.3 Å². The molecule has 1 unspecified atom stereocenters. The number of hydrogen-bond acceptors (Lipinski definition) is 5. The summed E-state index contributed by atoms with van der Waals surface area (Å²) in [4.78, 5) is 4.03. The fraction of sp³-hybridized carbons (Fsp3) is 1.00. The summed E-state index contributed by atoms with van der Waals surface area (Å²) in [5.41, 5.74) is 0. The topological polar surface area (TPSA) is 98.2 Å². The smallest absolute Gasteiger partial charge is 0.266 e. The first kappa shape index (κ1) is 15.0. The molecule has 17 heavy (non-hydrogen) atoms. The van der Waals surface area contributed by atoms with Crippen molar-refractivity contribution in [1.82, 2.24) is 9.80 Å². The number of nitrogens with zero attached hydrogens (tertiary/aromatic N) is 2. The van der Waals surface area contributed by atoms with Gasteiger partial charge in [-0.1, -0.05) is 0 Å². The second kappa shape index (κ2) is 6.76. The molecular formula is C8H18N2O5S2. The average Bonchev–Trinajstić information content (AvgIpc) is 2.24. The van der Waals surface area contributed by atoms with E-state index in [0.29, 0.717) is 26.2 Å². The Morgan fingerprint density at radius 1 is 1.06 bits per heavy atom. The normalized spacial score (nSPS) is 21.5. The number of hydrogen-bond donors (Lipinski definition) is 2. The molecule has 1 aliphatic heterocycles. The second-order valence-electron chi connectivity index (χ2n) is 3.99. The molecule has 0 aromatic heterocycles. The van der Waals surface area contributed by atoms with Crippen molar-refractivity contribution < 1.29 is 21.7 Å². The largest absolute Gasteiger partial charge is 0.306 e. The molecule has 0 aromatic rings. The van der Waals surface area contributed by atoms with Gasteiger partial charge in [-0.15, -0.1) is 0 Å². The molecule has 1 atom stereocenters. The first-order valence-electron chi connectivity index (χ1n) is 5.34. The molecule has 1 rings (SSSR count). The fourth-order valence-corrected chi connectivity index (χ4v) is 2.59. The van der Waals surface area contributed by atoms with E-state index in [1.165, 1.54) is 0 Å². The highest BCUT2D eigenvalue weighted by molar-refractivity contribution is 7.85. The van der Waals surface area contributed by atoms with Crippen LogP contribution in [0, 0.1) is 0 Å². The molecule has 0 aromatic carbocycles. The van der Waals surface area contributed by atoms with Gasteiger partial charge in [0.15, 0.2) is 11.1 Å². The van der Waals surface area contributed by atoms with E-state index in [1.54, 1.807) is 0 Å². The Labute approximate surface area is 104 Å². The maximum Gasteiger partial charge on any atom is 0.266 e. The minimum atomic E-state index is -3.89. The van der Waals surface area contributed by atoms with Gasteiger partial charge >= 0.3 is 0 Å². The summed E-state index contributed by atoms with van der Waals surface area (Å²) in [6.07, 6.45) is 0. The lowest BCUT2D eigenvalue weighted by Gasteiger charge is -2.34. The van der Waals surface area contributed by atoms with Crippen molar-refractivity contribution in [3.8, 4) is 0 Å². The lowest BCUT2D eigenvalue weighted by Crippen LogP contribution is -2.48. The Hall–Kier alpha value is -0.0600. The molecule has 1 heterocycles. The minimum Gasteiger partial charge on any atom is -0.306 e. The number of piperazine rings is 1. The first-order chi connectivity index (χ1) is 7.87. The molecule has 1 saturated heterocycles. The van der Waals surface area contributed by atoms with Gasteiger partial charge in [-0.3, -0.25) is 14.4 Å². The molecular weight excluding hydrogens is 268 g/mol. The monoisotopic (exact) mass is 286 g/mol. The molecule has 0 bridgehead atoms. The zero-order valence-electron chi connectivity index (χ0n) is 9.49. The van der Waals surface area contributed by atoms with Crippen LogP contribution < -0.4 is 0 Å².